The fraction of sp³-hybridized carbons (Fsp3) is 0.552. The number of allylic oxidation sites excluding steroid dienone is 1. The van der Waals surface area contributed by atoms with Gasteiger partial charge in [-0.05, 0) is 57.2 Å². The zero-order valence-electron chi connectivity index (χ0n) is 22.3. The van der Waals surface area contributed by atoms with Crippen LogP contribution in [0.25, 0.3) is 0 Å². The number of aliphatic hydroxyl groups excluding tert-OH is 1. The van der Waals surface area contributed by atoms with Gasteiger partial charge >= 0.3 is 5.97 Å². The molecule has 7 atom stereocenters. The van der Waals surface area contributed by atoms with Crippen LogP contribution < -0.4 is 4.90 Å². The second-order valence-electron chi connectivity index (χ2n) is 10.6. The van der Waals surface area contributed by atoms with Gasteiger partial charge in [-0.25, -0.2) is 0 Å². The number of carbonyl (C=O) groups excluding carboxylic acids is 3. The Morgan fingerprint density at radius 2 is 2.08 bits per heavy atom. The van der Waals surface area contributed by atoms with Gasteiger partial charge in [0.1, 0.15) is 11.6 Å². The Hall–Kier alpha value is -2.49. The fourth-order valence-corrected chi connectivity index (χ4v) is 7.21. The number of aryl methyl sites for hydroxylation is 2. The van der Waals surface area contributed by atoms with Crippen LogP contribution in [-0.2, 0) is 23.9 Å². The number of anilines is 1. The number of hydrogen-bond donors (Lipinski definition) is 1. The number of aliphatic hydroxyl groups is 1. The minimum absolute atomic E-state index is 0.216. The van der Waals surface area contributed by atoms with Gasteiger partial charge in [0.15, 0.2) is 0 Å². The molecule has 4 rings (SSSR count). The number of amides is 2. The summed E-state index contributed by atoms with van der Waals surface area (Å²) >= 11 is 3.67. The summed E-state index contributed by atoms with van der Waals surface area (Å²) in [6.45, 7) is 13.2. The number of fused-ring (bicyclic) bond motifs is 1. The van der Waals surface area contributed by atoms with Gasteiger partial charge in [0, 0.05) is 17.1 Å². The van der Waals surface area contributed by atoms with Crippen molar-refractivity contribution in [2.75, 3.05) is 24.7 Å². The van der Waals surface area contributed by atoms with Crippen molar-refractivity contribution in [2.45, 2.75) is 68.6 Å². The van der Waals surface area contributed by atoms with Gasteiger partial charge in [-0.1, -0.05) is 40.2 Å². The van der Waals surface area contributed by atoms with E-state index in [4.69, 9.17) is 9.47 Å². The molecule has 9 heteroatoms. The molecule has 1 spiro atoms. The molecule has 1 N–H and O–H groups in total. The van der Waals surface area contributed by atoms with Crippen molar-refractivity contribution in [1.82, 2.24) is 4.90 Å². The van der Waals surface area contributed by atoms with Crippen molar-refractivity contribution in [3.8, 4) is 0 Å². The third-order valence-electron chi connectivity index (χ3n) is 8.00. The van der Waals surface area contributed by atoms with Crippen LogP contribution in [0.5, 0.6) is 0 Å². The number of rotatable bonds is 11. The van der Waals surface area contributed by atoms with Crippen LogP contribution in [0.15, 0.2) is 43.5 Å². The Morgan fingerprint density at radius 1 is 1.34 bits per heavy atom. The molecule has 0 aliphatic carbocycles. The monoisotopic (exact) mass is 588 g/mol. The third kappa shape index (κ3) is 4.62. The van der Waals surface area contributed by atoms with Crippen LogP contribution in [0.4, 0.5) is 5.69 Å². The molecule has 3 fully saturated rings. The first-order valence-corrected chi connectivity index (χ1v) is 14.1. The van der Waals surface area contributed by atoms with Crippen LogP contribution >= 0.6 is 15.9 Å². The van der Waals surface area contributed by atoms with Crippen molar-refractivity contribution in [3.63, 3.8) is 0 Å². The molecule has 1 aromatic carbocycles. The van der Waals surface area contributed by atoms with Crippen molar-refractivity contribution >= 4 is 39.4 Å². The van der Waals surface area contributed by atoms with Crippen molar-refractivity contribution < 1.29 is 29.0 Å². The summed E-state index contributed by atoms with van der Waals surface area (Å²) in [5, 5.41) is 10.1. The fourth-order valence-electron chi connectivity index (χ4n) is 6.27. The molecule has 3 aliphatic rings. The number of halogens is 1. The Kier molecular flexibility index (Phi) is 8.49. The molecule has 8 nitrogen and oxygen atoms in total. The highest BCUT2D eigenvalue weighted by molar-refractivity contribution is 9.09. The molecular formula is C29H37BrN2O6. The van der Waals surface area contributed by atoms with Crippen LogP contribution in [0.3, 0.4) is 0 Å². The van der Waals surface area contributed by atoms with E-state index in [0.29, 0.717) is 19.3 Å². The predicted octanol–water partition coefficient (Wildman–Crippen LogP) is 3.46. The van der Waals surface area contributed by atoms with E-state index in [9.17, 15) is 19.5 Å². The number of nitrogens with zero attached hydrogens (tertiary/aromatic N) is 2. The van der Waals surface area contributed by atoms with Crippen LogP contribution in [0.2, 0.25) is 0 Å². The number of hydrogen-bond acceptors (Lipinski definition) is 6. The first-order valence-electron chi connectivity index (χ1n) is 13.1. The summed E-state index contributed by atoms with van der Waals surface area (Å²) in [5.41, 5.74) is 1.39. The van der Waals surface area contributed by atoms with E-state index in [-0.39, 0.29) is 36.4 Å². The van der Waals surface area contributed by atoms with Crippen molar-refractivity contribution in [2.24, 2.45) is 11.8 Å². The maximum absolute atomic E-state index is 14.5. The highest BCUT2D eigenvalue weighted by atomic mass is 79.9. The maximum atomic E-state index is 14.5. The lowest BCUT2D eigenvalue weighted by Crippen LogP contribution is -2.59. The molecule has 38 heavy (non-hydrogen) atoms. The minimum Gasteiger partial charge on any atom is -0.465 e. The van der Waals surface area contributed by atoms with E-state index >= 15 is 0 Å². The summed E-state index contributed by atoms with van der Waals surface area (Å²) in [7, 11) is 0. The highest BCUT2D eigenvalue weighted by Crippen LogP contribution is 2.60. The molecule has 0 saturated carbocycles. The topological polar surface area (TPSA) is 96.4 Å². The number of unbranched alkanes of at least 4 members (excludes halogenated alkanes) is 1. The molecule has 2 bridgehead atoms. The van der Waals surface area contributed by atoms with Crippen LogP contribution in [-0.4, -0.2) is 76.2 Å². The lowest BCUT2D eigenvalue weighted by molar-refractivity contribution is -0.155. The lowest BCUT2D eigenvalue weighted by Gasteiger charge is -2.39. The minimum atomic E-state index is -1.22. The van der Waals surface area contributed by atoms with Crippen LogP contribution in [0.1, 0.15) is 37.3 Å². The summed E-state index contributed by atoms with van der Waals surface area (Å²) < 4.78 is 12.1. The zero-order valence-corrected chi connectivity index (χ0v) is 23.9. The summed E-state index contributed by atoms with van der Waals surface area (Å²) in [4.78, 5) is 44.7. The third-order valence-corrected chi connectivity index (χ3v) is 8.85. The number of carbonyl (C=O) groups is 3. The maximum Gasteiger partial charge on any atom is 0.312 e. The van der Waals surface area contributed by atoms with Gasteiger partial charge in [0.25, 0.3) is 5.91 Å². The quantitative estimate of drug-likeness (QED) is 0.184. The molecule has 0 aromatic heterocycles. The molecule has 3 heterocycles. The smallest absolute Gasteiger partial charge is 0.312 e. The van der Waals surface area contributed by atoms with E-state index in [1.807, 2.05) is 32.0 Å². The van der Waals surface area contributed by atoms with E-state index in [2.05, 4.69) is 29.1 Å². The Bertz CT molecular complexity index is 1120. The first-order chi connectivity index (χ1) is 18.1. The Labute approximate surface area is 232 Å². The first kappa shape index (κ1) is 28.5. The van der Waals surface area contributed by atoms with Gasteiger partial charge < -0.3 is 24.4 Å². The number of esters is 1. The van der Waals surface area contributed by atoms with Crippen LogP contribution in [0, 0.1) is 25.7 Å². The molecule has 3 unspecified atom stereocenters. The van der Waals surface area contributed by atoms with E-state index < -0.39 is 41.6 Å². The molecule has 1 aromatic rings. The average Bonchev–Trinajstić information content (AvgIpc) is 3.49. The predicted molar refractivity (Wildman–Crippen MR) is 148 cm³/mol. The lowest BCUT2D eigenvalue weighted by atomic mass is 9.70. The molecule has 3 saturated heterocycles. The highest BCUT2D eigenvalue weighted by Gasteiger charge is 2.77. The number of alkyl halides is 1. The van der Waals surface area contributed by atoms with E-state index in [0.717, 1.165) is 16.8 Å². The summed E-state index contributed by atoms with van der Waals surface area (Å²) in [6.07, 6.45) is 4.54. The molecule has 0 radical (unpaired) electrons. The Morgan fingerprint density at radius 3 is 2.74 bits per heavy atom. The molecule has 206 valence electrons. The van der Waals surface area contributed by atoms with Gasteiger partial charge in [-0.2, -0.15) is 0 Å². The Balaban J connectivity index is 1.77. The average molecular weight is 590 g/mol. The van der Waals surface area contributed by atoms with Gasteiger partial charge in [0.05, 0.1) is 37.2 Å². The number of benzene rings is 1. The number of ether oxygens (including phenoxy) is 2. The second-order valence-corrected chi connectivity index (χ2v) is 11.7. The summed E-state index contributed by atoms with van der Waals surface area (Å²) in [5.74, 6) is -2.90. The van der Waals surface area contributed by atoms with Gasteiger partial charge in [0.2, 0.25) is 5.91 Å². The normalized spacial score (nSPS) is 30.2. The van der Waals surface area contributed by atoms with E-state index in [1.54, 1.807) is 24.0 Å². The van der Waals surface area contributed by atoms with E-state index in [1.165, 1.54) is 4.90 Å². The number of likely N-dealkylation sites (tertiary alicyclic amines) is 1. The van der Waals surface area contributed by atoms with Gasteiger partial charge in [-0.3, -0.25) is 14.4 Å². The molecular weight excluding hydrogens is 552 g/mol. The van der Waals surface area contributed by atoms with Gasteiger partial charge in [-0.15, -0.1) is 13.2 Å². The standard InChI is InChI=1S/C29H37BrN2O6/c1-6-8-9-13-37-28(36)22-23-26(34)32(19(5)16-33)25(29(23)15-20(30)24(22)38-29)27(35)31(12-7-2)21-14-17(3)10-11-18(21)4/h6-7,10-11,14,19-20,22-25,33H,1-2,8-9,12-13,15-16H2,3-5H3/t19-,20?,22+,23+,24+,25?,29?/m1/s1. The molecule has 3 aliphatic heterocycles. The second kappa shape index (κ2) is 11.3. The molecule has 2 amide bonds. The van der Waals surface area contributed by atoms with Crippen molar-refractivity contribution in [1.29, 1.82) is 0 Å². The SMILES string of the molecule is C=CCCCOC(=O)[C@H]1[C@H]2C(=O)N([C@H](C)CO)C(C(=O)N(CC=C)c3cc(C)ccc3C)C23CC(Br)[C@@H]1O3. The van der Waals surface area contributed by atoms with Crippen molar-refractivity contribution in [3.05, 3.63) is 54.6 Å². The zero-order chi connectivity index (χ0) is 27.8. The summed E-state index contributed by atoms with van der Waals surface area (Å²) in [6, 6.07) is 4.19. The largest absolute Gasteiger partial charge is 0.465 e.